The number of nitro benzene ring substituents is 1. The maximum absolute atomic E-state index is 12.9. The first-order valence-corrected chi connectivity index (χ1v) is 14.0. The lowest BCUT2D eigenvalue weighted by molar-refractivity contribution is -0.387. The Morgan fingerprint density at radius 1 is 1.19 bits per heavy atom. The number of amides is 1. The zero-order valence-corrected chi connectivity index (χ0v) is 19.7. The minimum Gasteiger partial charge on any atom is -0.339 e. The van der Waals surface area contributed by atoms with Gasteiger partial charge in [0.1, 0.15) is 6.04 Å². The molecule has 1 aliphatic heterocycles. The highest BCUT2D eigenvalue weighted by Gasteiger charge is 2.36. The minimum absolute atomic E-state index is 0.0457. The zero-order valence-electron chi connectivity index (χ0n) is 17.3. The number of benzene rings is 1. The van der Waals surface area contributed by atoms with Crippen LogP contribution >= 0.6 is 11.8 Å². The monoisotopic (exact) mass is 494 g/mol. The van der Waals surface area contributed by atoms with E-state index in [2.05, 4.69) is 4.72 Å². The topological polar surface area (TPSA) is 147 Å². The van der Waals surface area contributed by atoms with Crippen LogP contribution in [0.25, 0.3) is 0 Å². The van der Waals surface area contributed by atoms with Crippen molar-refractivity contribution in [2.45, 2.75) is 24.3 Å². The molecule has 1 aromatic rings. The summed E-state index contributed by atoms with van der Waals surface area (Å²) in [5.74, 6) is 0.0147. The smallest absolute Gasteiger partial charge is 0.289 e. The normalized spacial score (nSPS) is 16.8. The first kappa shape index (κ1) is 25.5. The second-order valence-electron chi connectivity index (χ2n) is 6.81. The maximum Gasteiger partial charge on any atom is 0.289 e. The Morgan fingerprint density at radius 3 is 2.35 bits per heavy atom. The molecule has 1 amide bonds. The van der Waals surface area contributed by atoms with Gasteiger partial charge in [-0.15, -0.1) is 0 Å². The number of carbonyl (C=O) groups excluding carboxylic acids is 1. The molecule has 1 atom stereocenters. The van der Waals surface area contributed by atoms with E-state index in [0.717, 1.165) is 10.4 Å². The van der Waals surface area contributed by atoms with Crippen molar-refractivity contribution in [2.75, 3.05) is 43.9 Å². The number of hydrogen-bond acceptors (Lipinski definition) is 8. The fourth-order valence-electron chi connectivity index (χ4n) is 3.10. The molecular weight excluding hydrogens is 468 g/mol. The second kappa shape index (κ2) is 10.7. The molecule has 1 saturated heterocycles. The molecule has 1 heterocycles. The highest BCUT2D eigenvalue weighted by atomic mass is 32.2. The Balaban J connectivity index is 2.13. The summed E-state index contributed by atoms with van der Waals surface area (Å²) >= 11 is 1.48. The number of nitrogens with one attached hydrogen (secondary N) is 1. The molecule has 1 unspecified atom stereocenters. The molecule has 2 rings (SSSR count). The summed E-state index contributed by atoms with van der Waals surface area (Å²) in [6.07, 6.45) is 2.16. The fourth-order valence-corrected chi connectivity index (χ4v) is 5.97. The molecule has 0 saturated carbocycles. The third kappa shape index (κ3) is 6.38. The maximum atomic E-state index is 12.9. The standard InChI is InChI=1S/C17H26N4O7S3/c1-3-30(25,26)18-14(8-13-29-2)17(22)19-9-11-20(12-10-19)31(27,28)16-7-5-4-6-15(16)21(23)24/h4-7,14,18H,3,8-13H2,1-2H3. The Labute approximate surface area is 186 Å². The van der Waals surface area contributed by atoms with Gasteiger partial charge in [0.05, 0.1) is 10.7 Å². The van der Waals surface area contributed by atoms with E-state index in [9.17, 15) is 31.7 Å². The van der Waals surface area contributed by atoms with Crippen LogP contribution in [0.1, 0.15) is 13.3 Å². The molecular formula is C17H26N4O7S3. The van der Waals surface area contributed by atoms with Crippen molar-refractivity contribution in [3.05, 3.63) is 34.4 Å². The number of sulfonamides is 2. The predicted octanol–water partition coefficient (Wildman–Crippen LogP) is 0.489. The van der Waals surface area contributed by atoms with Crippen molar-refractivity contribution < 1.29 is 26.6 Å². The largest absolute Gasteiger partial charge is 0.339 e. The summed E-state index contributed by atoms with van der Waals surface area (Å²) < 4.78 is 53.3. The van der Waals surface area contributed by atoms with Gasteiger partial charge in [-0.3, -0.25) is 14.9 Å². The van der Waals surface area contributed by atoms with Gasteiger partial charge in [0.2, 0.25) is 26.0 Å². The van der Waals surface area contributed by atoms with Gasteiger partial charge in [-0.2, -0.15) is 16.1 Å². The van der Waals surface area contributed by atoms with Gasteiger partial charge in [-0.1, -0.05) is 12.1 Å². The quantitative estimate of drug-likeness (QED) is 0.365. The molecule has 14 heteroatoms. The lowest BCUT2D eigenvalue weighted by Crippen LogP contribution is -2.56. The number of hydrogen-bond donors (Lipinski definition) is 1. The summed E-state index contributed by atoms with van der Waals surface area (Å²) in [7, 11) is -7.71. The average molecular weight is 495 g/mol. The van der Waals surface area contributed by atoms with Crippen LogP contribution in [0.4, 0.5) is 5.69 Å². The number of thioether (sulfide) groups is 1. The van der Waals surface area contributed by atoms with Crippen LogP contribution in [-0.4, -0.2) is 86.9 Å². The van der Waals surface area contributed by atoms with Crippen LogP contribution in [0.15, 0.2) is 29.2 Å². The van der Waals surface area contributed by atoms with Crippen molar-refractivity contribution >= 4 is 43.4 Å². The van der Waals surface area contributed by atoms with Gasteiger partial charge in [0, 0.05) is 32.2 Å². The first-order chi connectivity index (χ1) is 14.5. The third-order valence-corrected chi connectivity index (χ3v) is 8.83. The molecule has 1 N–H and O–H groups in total. The molecule has 0 aliphatic carbocycles. The molecule has 174 valence electrons. The van der Waals surface area contributed by atoms with Gasteiger partial charge in [0.15, 0.2) is 4.90 Å². The highest BCUT2D eigenvalue weighted by Crippen LogP contribution is 2.27. The number of carbonyl (C=O) groups is 1. The number of para-hydroxylation sites is 1. The van der Waals surface area contributed by atoms with E-state index in [4.69, 9.17) is 0 Å². The van der Waals surface area contributed by atoms with E-state index in [0.29, 0.717) is 12.2 Å². The Bertz CT molecular complexity index is 1010. The van der Waals surface area contributed by atoms with E-state index in [-0.39, 0.29) is 31.9 Å². The lowest BCUT2D eigenvalue weighted by atomic mass is 10.2. The first-order valence-electron chi connectivity index (χ1n) is 9.54. The molecule has 0 aromatic heterocycles. The van der Waals surface area contributed by atoms with E-state index in [1.54, 1.807) is 0 Å². The van der Waals surface area contributed by atoms with E-state index < -0.39 is 47.5 Å². The lowest BCUT2D eigenvalue weighted by Gasteiger charge is -2.35. The summed E-state index contributed by atoms with van der Waals surface area (Å²) in [5, 5.41) is 11.2. The number of piperazine rings is 1. The van der Waals surface area contributed by atoms with Crippen LogP contribution in [0.3, 0.4) is 0 Å². The van der Waals surface area contributed by atoms with Crippen molar-refractivity contribution in [3.63, 3.8) is 0 Å². The summed E-state index contributed by atoms with van der Waals surface area (Å²) in [6, 6.07) is 4.19. The Hall–Kier alpha value is -1.74. The summed E-state index contributed by atoms with van der Waals surface area (Å²) in [4.78, 5) is 24.4. The van der Waals surface area contributed by atoms with Crippen LogP contribution in [0.5, 0.6) is 0 Å². The molecule has 11 nitrogen and oxygen atoms in total. The van der Waals surface area contributed by atoms with Crippen molar-refractivity contribution in [1.82, 2.24) is 13.9 Å². The average Bonchev–Trinajstić information content (AvgIpc) is 2.76. The highest BCUT2D eigenvalue weighted by molar-refractivity contribution is 7.98. The van der Waals surface area contributed by atoms with Crippen LogP contribution in [0.2, 0.25) is 0 Å². The SMILES string of the molecule is CCS(=O)(=O)NC(CCSC)C(=O)N1CCN(S(=O)(=O)c2ccccc2[N+](=O)[O-])CC1. The van der Waals surface area contributed by atoms with E-state index in [1.807, 2.05) is 6.26 Å². The number of nitrogens with zero attached hydrogens (tertiary/aromatic N) is 3. The second-order valence-corrected chi connectivity index (χ2v) is 11.7. The van der Waals surface area contributed by atoms with Gasteiger partial charge >= 0.3 is 0 Å². The molecule has 0 bridgehead atoms. The molecule has 1 aromatic carbocycles. The Kier molecular flexibility index (Phi) is 8.83. The van der Waals surface area contributed by atoms with Crippen molar-refractivity contribution in [2.24, 2.45) is 0 Å². The van der Waals surface area contributed by atoms with Crippen molar-refractivity contribution in [1.29, 1.82) is 0 Å². The van der Waals surface area contributed by atoms with Gasteiger partial charge in [-0.25, -0.2) is 21.6 Å². The predicted molar refractivity (Wildman–Crippen MR) is 118 cm³/mol. The summed E-state index contributed by atoms with van der Waals surface area (Å²) in [6.45, 7) is 1.50. The minimum atomic E-state index is -4.12. The van der Waals surface area contributed by atoms with Crippen LogP contribution in [-0.2, 0) is 24.8 Å². The molecule has 1 fully saturated rings. The number of nitro groups is 1. The molecule has 31 heavy (non-hydrogen) atoms. The van der Waals surface area contributed by atoms with Crippen LogP contribution < -0.4 is 4.72 Å². The molecule has 0 radical (unpaired) electrons. The third-order valence-electron chi connectivity index (χ3n) is 4.84. The molecule has 1 aliphatic rings. The van der Waals surface area contributed by atoms with Gasteiger partial charge in [-0.05, 0) is 31.4 Å². The van der Waals surface area contributed by atoms with Gasteiger partial charge in [0.25, 0.3) is 5.69 Å². The number of rotatable bonds is 10. The summed E-state index contributed by atoms with van der Waals surface area (Å²) in [5.41, 5.74) is -0.507. The van der Waals surface area contributed by atoms with Crippen LogP contribution in [0, 0.1) is 10.1 Å². The van der Waals surface area contributed by atoms with E-state index in [1.165, 1.54) is 41.8 Å². The van der Waals surface area contributed by atoms with E-state index >= 15 is 0 Å². The van der Waals surface area contributed by atoms with Crippen molar-refractivity contribution in [3.8, 4) is 0 Å². The Morgan fingerprint density at radius 2 is 1.81 bits per heavy atom. The van der Waals surface area contributed by atoms with Gasteiger partial charge < -0.3 is 4.90 Å². The zero-order chi connectivity index (χ0) is 23.2. The fraction of sp³-hybridized carbons (Fsp3) is 0.588. The molecule has 0 spiro atoms.